The van der Waals surface area contributed by atoms with Crippen molar-refractivity contribution < 1.29 is 23.8 Å². The third-order valence-electron chi connectivity index (χ3n) is 3.42. The average Bonchev–Trinajstić information content (AvgIpc) is 2.88. The van der Waals surface area contributed by atoms with Crippen molar-refractivity contribution in [3.63, 3.8) is 0 Å². The van der Waals surface area contributed by atoms with E-state index in [1.807, 2.05) is 0 Å². The second-order valence-corrected chi connectivity index (χ2v) is 5.41. The Morgan fingerprint density at radius 1 is 1.45 bits per heavy atom. The van der Waals surface area contributed by atoms with Crippen LogP contribution in [0.15, 0.2) is 10.5 Å². The van der Waals surface area contributed by atoms with Crippen molar-refractivity contribution in [2.45, 2.75) is 12.5 Å². The van der Waals surface area contributed by atoms with Crippen molar-refractivity contribution in [1.82, 2.24) is 5.32 Å². The van der Waals surface area contributed by atoms with Crippen LogP contribution in [0.4, 0.5) is 4.39 Å². The molecule has 1 saturated heterocycles. The minimum Gasteiger partial charge on any atom is -0.493 e. The van der Waals surface area contributed by atoms with Gasteiger partial charge in [0.25, 0.3) is 0 Å². The Morgan fingerprint density at radius 2 is 2.10 bits per heavy atom. The molecule has 1 aliphatic rings. The van der Waals surface area contributed by atoms with Crippen LogP contribution in [0.3, 0.4) is 0 Å². The summed E-state index contributed by atoms with van der Waals surface area (Å²) in [4.78, 5) is 11.0. The van der Waals surface area contributed by atoms with E-state index >= 15 is 0 Å². The Hall–Kier alpha value is -1.34. The van der Waals surface area contributed by atoms with Crippen LogP contribution in [0.25, 0.3) is 0 Å². The van der Waals surface area contributed by atoms with Gasteiger partial charge in [-0.25, -0.2) is 0 Å². The minimum atomic E-state index is -0.855. The number of methoxy groups -OCH3 is 2. The van der Waals surface area contributed by atoms with E-state index in [4.69, 9.17) is 14.6 Å². The molecule has 0 bridgehead atoms. The predicted molar refractivity (Wildman–Crippen MR) is 73.7 cm³/mol. The molecule has 110 valence electrons. The summed E-state index contributed by atoms with van der Waals surface area (Å²) >= 11 is 3.25. The lowest BCUT2D eigenvalue weighted by molar-refractivity contribution is -0.141. The number of rotatable bonds is 4. The highest BCUT2D eigenvalue weighted by molar-refractivity contribution is 9.10. The van der Waals surface area contributed by atoms with Gasteiger partial charge in [0, 0.05) is 18.2 Å². The van der Waals surface area contributed by atoms with Crippen LogP contribution in [-0.2, 0) is 4.79 Å². The Bertz CT molecular complexity index is 538. The van der Waals surface area contributed by atoms with Crippen molar-refractivity contribution >= 4 is 21.9 Å². The SMILES string of the molecule is COc1c(Br)cc(C2CC(C(=O)O)CN2)c(OC)c1F. The summed E-state index contributed by atoms with van der Waals surface area (Å²) in [5.41, 5.74) is 0.585. The van der Waals surface area contributed by atoms with E-state index in [9.17, 15) is 9.18 Å². The smallest absolute Gasteiger partial charge is 0.307 e. The van der Waals surface area contributed by atoms with Gasteiger partial charge in [-0.1, -0.05) is 0 Å². The molecule has 1 fully saturated rings. The Kier molecular flexibility index (Phi) is 4.49. The van der Waals surface area contributed by atoms with E-state index < -0.39 is 17.7 Å². The normalized spacial score (nSPS) is 21.8. The molecule has 2 unspecified atom stereocenters. The zero-order valence-corrected chi connectivity index (χ0v) is 12.7. The first kappa shape index (κ1) is 15.1. The van der Waals surface area contributed by atoms with E-state index in [1.165, 1.54) is 14.2 Å². The summed E-state index contributed by atoms with van der Waals surface area (Å²) in [5.74, 6) is -1.78. The summed E-state index contributed by atoms with van der Waals surface area (Å²) in [6, 6.07) is 1.44. The summed E-state index contributed by atoms with van der Waals surface area (Å²) in [6.07, 6.45) is 0.393. The zero-order valence-electron chi connectivity index (χ0n) is 11.1. The molecule has 5 nitrogen and oxygen atoms in total. The first-order valence-electron chi connectivity index (χ1n) is 6.05. The van der Waals surface area contributed by atoms with E-state index in [0.29, 0.717) is 23.0 Å². The first-order chi connectivity index (χ1) is 9.49. The Labute approximate surface area is 124 Å². The Balaban J connectivity index is 2.40. The molecule has 20 heavy (non-hydrogen) atoms. The summed E-state index contributed by atoms with van der Waals surface area (Å²) < 4.78 is 24.8. The van der Waals surface area contributed by atoms with Crippen LogP contribution >= 0.6 is 15.9 Å². The van der Waals surface area contributed by atoms with Gasteiger partial charge in [0.2, 0.25) is 5.82 Å². The molecule has 0 amide bonds. The van der Waals surface area contributed by atoms with E-state index in [2.05, 4.69) is 21.2 Å². The van der Waals surface area contributed by atoms with Crippen LogP contribution in [0, 0.1) is 11.7 Å². The van der Waals surface area contributed by atoms with Crippen molar-refractivity contribution in [2.75, 3.05) is 20.8 Å². The fourth-order valence-corrected chi connectivity index (χ4v) is 3.00. The monoisotopic (exact) mass is 347 g/mol. The molecule has 0 saturated carbocycles. The van der Waals surface area contributed by atoms with Gasteiger partial charge in [0.1, 0.15) is 0 Å². The second kappa shape index (κ2) is 5.97. The number of carbonyl (C=O) groups is 1. The van der Waals surface area contributed by atoms with E-state index in [0.717, 1.165) is 0 Å². The van der Waals surface area contributed by atoms with Gasteiger partial charge in [-0.15, -0.1) is 0 Å². The van der Waals surface area contributed by atoms with Gasteiger partial charge in [0.15, 0.2) is 11.5 Å². The van der Waals surface area contributed by atoms with Crippen molar-refractivity contribution in [3.05, 3.63) is 21.9 Å². The predicted octanol–water partition coefficient (Wildman–Crippen LogP) is 2.34. The maximum Gasteiger partial charge on any atom is 0.307 e. The molecule has 2 atom stereocenters. The van der Waals surface area contributed by atoms with Crippen molar-refractivity contribution in [3.8, 4) is 11.5 Å². The third kappa shape index (κ3) is 2.60. The highest BCUT2D eigenvalue weighted by Crippen LogP contribution is 2.42. The maximum atomic E-state index is 14.3. The number of ether oxygens (including phenoxy) is 2. The van der Waals surface area contributed by atoms with Crippen molar-refractivity contribution in [1.29, 1.82) is 0 Å². The maximum absolute atomic E-state index is 14.3. The number of hydrogen-bond acceptors (Lipinski definition) is 4. The fraction of sp³-hybridized carbons (Fsp3) is 0.462. The zero-order chi connectivity index (χ0) is 14.9. The molecule has 0 aliphatic carbocycles. The van der Waals surface area contributed by atoms with E-state index in [-0.39, 0.29) is 17.5 Å². The summed E-state index contributed by atoms with van der Waals surface area (Å²) in [7, 11) is 2.75. The standard InChI is InChI=1S/C13H15BrFNO4/c1-19-11-7(4-8(14)12(20-2)10(11)15)9-3-6(5-16-9)13(17)18/h4,6,9,16H,3,5H2,1-2H3,(H,17,18). The summed E-state index contributed by atoms with van der Waals surface area (Å²) in [5, 5.41) is 12.1. The highest BCUT2D eigenvalue weighted by Gasteiger charge is 2.33. The molecule has 0 aromatic heterocycles. The average molecular weight is 348 g/mol. The Morgan fingerprint density at radius 3 is 2.60 bits per heavy atom. The molecule has 0 radical (unpaired) electrons. The first-order valence-corrected chi connectivity index (χ1v) is 6.85. The molecular formula is C13H15BrFNO4. The number of benzene rings is 1. The van der Waals surface area contributed by atoms with Crippen LogP contribution in [0.2, 0.25) is 0 Å². The number of aliphatic carboxylic acids is 1. The number of carboxylic acid groups (broad SMARTS) is 1. The highest BCUT2D eigenvalue weighted by atomic mass is 79.9. The molecule has 1 aromatic rings. The number of hydrogen-bond donors (Lipinski definition) is 2. The lowest BCUT2D eigenvalue weighted by atomic mass is 9.99. The molecule has 2 N–H and O–H groups in total. The number of carboxylic acids is 1. The fourth-order valence-electron chi connectivity index (χ4n) is 2.42. The molecule has 2 rings (SSSR count). The molecule has 0 spiro atoms. The van der Waals surface area contributed by atoms with Crippen LogP contribution < -0.4 is 14.8 Å². The van der Waals surface area contributed by atoms with Gasteiger partial charge < -0.3 is 19.9 Å². The minimum absolute atomic E-state index is 0.0679. The molecule has 1 heterocycles. The van der Waals surface area contributed by atoms with Crippen LogP contribution in [-0.4, -0.2) is 31.8 Å². The van der Waals surface area contributed by atoms with Crippen LogP contribution in [0.5, 0.6) is 11.5 Å². The lowest BCUT2D eigenvalue weighted by Gasteiger charge is -2.18. The number of nitrogens with one attached hydrogen (secondary N) is 1. The summed E-state index contributed by atoms with van der Waals surface area (Å²) in [6.45, 7) is 0.356. The molecule has 1 aliphatic heterocycles. The van der Waals surface area contributed by atoms with Gasteiger partial charge >= 0.3 is 5.97 Å². The molecule has 1 aromatic carbocycles. The van der Waals surface area contributed by atoms with Gasteiger partial charge in [-0.3, -0.25) is 4.79 Å². The van der Waals surface area contributed by atoms with Crippen molar-refractivity contribution in [2.24, 2.45) is 5.92 Å². The third-order valence-corrected chi connectivity index (χ3v) is 4.01. The van der Waals surface area contributed by atoms with Crippen LogP contribution in [0.1, 0.15) is 18.0 Å². The van der Waals surface area contributed by atoms with E-state index in [1.54, 1.807) is 6.07 Å². The van der Waals surface area contributed by atoms with Gasteiger partial charge in [-0.2, -0.15) is 4.39 Å². The quantitative estimate of drug-likeness (QED) is 0.874. The lowest BCUT2D eigenvalue weighted by Crippen LogP contribution is -2.17. The second-order valence-electron chi connectivity index (χ2n) is 4.56. The topological polar surface area (TPSA) is 67.8 Å². The largest absolute Gasteiger partial charge is 0.493 e. The van der Waals surface area contributed by atoms with Gasteiger partial charge in [-0.05, 0) is 28.4 Å². The van der Waals surface area contributed by atoms with Gasteiger partial charge in [0.05, 0.1) is 24.6 Å². The molecule has 7 heteroatoms. The molecular weight excluding hydrogens is 333 g/mol. The number of halogens is 2.